The molecule has 2 atom stereocenters. The van der Waals surface area contributed by atoms with E-state index in [0.29, 0.717) is 12.8 Å². The summed E-state index contributed by atoms with van der Waals surface area (Å²) in [5.41, 5.74) is -0.992. The minimum Gasteiger partial charge on any atom is -0.481 e. The number of pyridine rings is 1. The lowest BCUT2D eigenvalue weighted by atomic mass is 9.81. The first kappa shape index (κ1) is 14.4. The van der Waals surface area contributed by atoms with Gasteiger partial charge in [0.05, 0.1) is 11.6 Å². The van der Waals surface area contributed by atoms with E-state index in [2.05, 4.69) is 4.98 Å². The second-order valence-electron chi connectivity index (χ2n) is 5.69. The summed E-state index contributed by atoms with van der Waals surface area (Å²) < 4.78 is 39.4. The van der Waals surface area contributed by atoms with Crippen molar-refractivity contribution in [1.29, 1.82) is 0 Å². The van der Waals surface area contributed by atoms with Gasteiger partial charge in [0.25, 0.3) is 0 Å². The van der Waals surface area contributed by atoms with E-state index in [1.54, 1.807) is 0 Å². The summed E-state index contributed by atoms with van der Waals surface area (Å²) in [6.45, 7) is 0.122. The lowest BCUT2D eigenvalue weighted by molar-refractivity contribution is -0.149. The van der Waals surface area contributed by atoms with Gasteiger partial charge < -0.3 is 5.11 Å². The van der Waals surface area contributed by atoms with Crippen molar-refractivity contribution in [2.75, 3.05) is 13.1 Å². The van der Waals surface area contributed by atoms with Crippen molar-refractivity contribution in [3.8, 4) is 0 Å². The highest BCUT2D eigenvalue weighted by Crippen LogP contribution is 2.50. The lowest BCUT2D eigenvalue weighted by Gasteiger charge is -2.23. The number of sulfonamides is 1. The van der Waals surface area contributed by atoms with Crippen molar-refractivity contribution in [2.45, 2.75) is 24.2 Å². The highest BCUT2D eigenvalue weighted by atomic mass is 32.2. The molecule has 1 saturated carbocycles. The zero-order valence-corrected chi connectivity index (χ0v) is 12.0. The summed E-state index contributed by atoms with van der Waals surface area (Å²) in [4.78, 5) is 14.9. The zero-order valence-electron chi connectivity index (χ0n) is 11.2. The fraction of sp³-hybridized carbons (Fsp3) is 0.538. The van der Waals surface area contributed by atoms with Crippen LogP contribution in [0.3, 0.4) is 0 Å². The first-order valence-corrected chi connectivity index (χ1v) is 8.14. The van der Waals surface area contributed by atoms with Gasteiger partial charge >= 0.3 is 5.97 Å². The largest absolute Gasteiger partial charge is 0.481 e. The molecule has 1 aromatic rings. The summed E-state index contributed by atoms with van der Waals surface area (Å²) >= 11 is 0. The van der Waals surface area contributed by atoms with Gasteiger partial charge in [-0.1, -0.05) is 6.42 Å². The van der Waals surface area contributed by atoms with Crippen LogP contribution in [-0.4, -0.2) is 41.9 Å². The van der Waals surface area contributed by atoms with Crippen molar-refractivity contribution in [3.05, 3.63) is 24.3 Å². The van der Waals surface area contributed by atoms with Crippen molar-refractivity contribution in [1.82, 2.24) is 9.29 Å². The van der Waals surface area contributed by atoms with Crippen molar-refractivity contribution < 1.29 is 22.7 Å². The van der Waals surface area contributed by atoms with Gasteiger partial charge in [0.15, 0.2) is 0 Å². The molecular weight excluding hydrogens is 299 g/mol. The third-order valence-corrected chi connectivity index (χ3v) is 6.36. The van der Waals surface area contributed by atoms with E-state index < -0.39 is 27.2 Å². The van der Waals surface area contributed by atoms with Crippen LogP contribution < -0.4 is 0 Å². The number of fused-ring (bicyclic) bond motifs is 1. The van der Waals surface area contributed by atoms with Gasteiger partial charge in [-0.05, 0) is 24.8 Å². The SMILES string of the molecule is O=C(O)[C@@]12CCC[C@H]1CN(S(=O)(=O)c1cncc(F)c1)C2. The average Bonchev–Trinajstić information content (AvgIpc) is 2.96. The maximum atomic E-state index is 13.2. The van der Waals surface area contributed by atoms with Crippen molar-refractivity contribution >= 4 is 16.0 Å². The van der Waals surface area contributed by atoms with E-state index in [-0.39, 0.29) is 23.9 Å². The monoisotopic (exact) mass is 314 g/mol. The Kier molecular flexibility index (Phi) is 3.25. The second kappa shape index (κ2) is 4.74. The smallest absolute Gasteiger partial charge is 0.311 e. The molecule has 114 valence electrons. The Labute approximate surface area is 121 Å². The molecule has 1 aliphatic heterocycles. The molecular formula is C13H15FN2O4S. The van der Waals surface area contributed by atoms with Crippen LogP contribution in [0.15, 0.2) is 23.4 Å². The van der Waals surface area contributed by atoms with E-state index >= 15 is 0 Å². The minimum absolute atomic E-state index is 0.0498. The number of aromatic nitrogens is 1. The molecule has 2 heterocycles. The number of hydrogen-bond donors (Lipinski definition) is 1. The van der Waals surface area contributed by atoms with Crippen LogP contribution in [0.25, 0.3) is 0 Å². The predicted molar refractivity (Wildman–Crippen MR) is 70.4 cm³/mol. The number of carbonyl (C=O) groups is 1. The quantitative estimate of drug-likeness (QED) is 0.902. The molecule has 0 unspecified atom stereocenters. The summed E-state index contributed by atoms with van der Waals surface area (Å²) in [5, 5.41) is 9.48. The van der Waals surface area contributed by atoms with E-state index in [9.17, 15) is 22.7 Å². The molecule has 1 aromatic heterocycles. The van der Waals surface area contributed by atoms with Crippen LogP contribution >= 0.6 is 0 Å². The highest BCUT2D eigenvalue weighted by molar-refractivity contribution is 7.89. The standard InChI is InChI=1S/C13H15FN2O4S/c14-10-4-11(6-15-5-10)21(19,20)16-7-9-2-1-3-13(9,8-16)12(17)18/h4-6,9H,1-3,7-8H2,(H,17,18)/t9-,13+/m0/s1. The van der Waals surface area contributed by atoms with Crippen LogP contribution in [0.2, 0.25) is 0 Å². The number of nitrogens with zero attached hydrogens (tertiary/aromatic N) is 2. The topological polar surface area (TPSA) is 87.6 Å². The van der Waals surface area contributed by atoms with E-state index in [4.69, 9.17) is 0 Å². The normalized spacial score (nSPS) is 29.5. The molecule has 0 spiro atoms. The molecule has 2 fully saturated rings. The average molecular weight is 314 g/mol. The fourth-order valence-corrected chi connectivity index (χ4v) is 4.99. The van der Waals surface area contributed by atoms with Crippen LogP contribution in [0.4, 0.5) is 4.39 Å². The Bertz CT molecular complexity index is 693. The summed E-state index contributed by atoms with van der Waals surface area (Å²) in [7, 11) is -3.91. The lowest BCUT2D eigenvalue weighted by Crippen LogP contribution is -2.37. The van der Waals surface area contributed by atoms with Crippen LogP contribution in [-0.2, 0) is 14.8 Å². The number of rotatable bonds is 3. The Morgan fingerprint density at radius 3 is 2.86 bits per heavy atom. The summed E-state index contributed by atoms with van der Waals surface area (Å²) in [6, 6.07) is 0.907. The zero-order chi connectivity index (χ0) is 15.3. The molecule has 8 heteroatoms. The molecule has 2 aliphatic rings. The fourth-order valence-electron chi connectivity index (χ4n) is 3.46. The molecule has 0 amide bonds. The van der Waals surface area contributed by atoms with Crippen molar-refractivity contribution in [3.63, 3.8) is 0 Å². The highest BCUT2D eigenvalue weighted by Gasteiger charge is 2.57. The van der Waals surface area contributed by atoms with Gasteiger partial charge in [-0.15, -0.1) is 0 Å². The number of hydrogen-bond acceptors (Lipinski definition) is 4. The van der Waals surface area contributed by atoms with E-state index in [0.717, 1.165) is 29.2 Å². The molecule has 1 N–H and O–H groups in total. The molecule has 6 nitrogen and oxygen atoms in total. The van der Waals surface area contributed by atoms with Gasteiger partial charge in [-0.25, -0.2) is 12.8 Å². The third-order valence-electron chi connectivity index (χ3n) is 4.58. The molecule has 0 bridgehead atoms. The summed E-state index contributed by atoms with van der Waals surface area (Å²) in [6.07, 6.45) is 4.00. The number of carboxylic acids is 1. The Morgan fingerprint density at radius 1 is 1.48 bits per heavy atom. The second-order valence-corrected chi connectivity index (χ2v) is 7.62. The Morgan fingerprint density at radius 2 is 2.24 bits per heavy atom. The number of carboxylic acid groups (broad SMARTS) is 1. The van der Waals surface area contributed by atoms with Gasteiger partial charge in [0.2, 0.25) is 10.0 Å². The first-order chi connectivity index (χ1) is 9.86. The minimum atomic E-state index is -3.91. The number of halogens is 1. The van der Waals surface area contributed by atoms with Gasteiger partial charge in [-0.3, -0.25) is 9.78 Å². The van der Waals surface area contributed by atoms with Crippen molar-refractivity contribution in [2.24, 2.45) is 11.3 Å². The number of aliphatic carboxylic acids is 1. The molecule has 1 saturated heterocycles. The van der Waals surface area contributed by atoms with Gasteiger partial charge in [-0.2, -0.15) is 4.31 Å². The van der Waals surface area contributed by atoms with Crippen LogP contribution in [0.1, 0.15) is 19.3 Å². The van der Waals surface area contributed by atoms with Crippen LogP contribution in [0.5, 0.6) is 0 Å². The van der Waals surface area contributed by atoms with E-state index in [1.165, 1.54) is 0 Å². The Balaban J connectivity index is 1.94. The third kappa shape index (κ3) is 2.13. The van der Waals surface area contributed by atoms with Crippen LogP contribution in [0, 0.1) is 17.2 Å². The molecule has 0 aromatic carbocycles. The summed E-state index contributed by atoms with van der Waals surface area (Å²) in [5.74, 6) is -1.85. The van der Waals surface area contributed by atoms with Gasteiger partial charge in [0.1, 0.15) is 10.7 Å². The predicted octanol–water partition coefficient (Wildman–Crippen LogP) is 1.10. The van der Waals surface area contributed by atoms with E-state index in [1.807, 2.05) is 0 Å². The molecule has 3 rings (SSSR count). The molecule has 21 heavy (non-hydrogen) atoms. The maximum absolute atomic E-state index is 13.2. The first-order valence-electron chi connectivity index (χ1n) is 6.70. The maximum Gasteiger partial charge on any atom is 0.311 e. The Hall–Kier alpha value is -1.54. The molecule has 1 aliphatic carbocycles. The molecule has 0 radical (unpaired) electrons. The van der Waals surface area contributed by atoms with Gasteiger partial charge in [0, 0.05) is 19.3 Å².